The number of aryl methyl sites for hydroxylation is 1. The Labute approximate surface area is 251 Å². The maximum Gasteiger partial charge on any atom is 0.261 e. The van der Waals surface area contributed by atoms with Gasteiger partial charge in [-0.1, -0.05) is 35.6 Å². The van der Waals surface area contributed by atoms with Crippen molar-refractivity contribution >= 4 is 39.7 Å². The van der Waals surface area contributed by atoms with E-state index in [1.54, 1.807) is 24.3 Å². The van der Waals surface area contributed by atoms with Crippen molar-refractivity contribution in [2.24, 2.45) is 0 Å². The normalized spacial score (nSPS) is 11.0. The Bertz CT molecular complexity index is 1760. The minimum absolute atomic E-state index is 0.321. The van der Waals surface area contributed by atoms with Crippen LogP contribution in [0.2, 0.25) is 0 Å². The molecule has 5 aromatic rings. The SMILES string of the molecule is Cc1cc(-c2sc(N)nc2-c2cccc(NC(=O)c3c(F)cccc3F)c2)nc(Nc2cccc(OCCN(C)C)c2)n1. The van der Waals surface area contributed by atoms with Gasteiger partial charge in [-0.25, -0.2) is 23.7 Å². The van der Waals surface area contributed by atoms with Crippen molar-refractivity contribution in [2.45, 2.75) is 6.92 Å². The summed E-state index contributed by atoms with van der Waals surface area (Å²) in [5, 5.41) is 6.13. The van der Waals surface area contributed by atoms with E-state index in [0.29, 0.717) is 45.2 Å². The molecule has 12 heteroatoms. The van der Waals surface area contributed by atoms with E-state index >= 15 is 0 Å². The number of benzene rings is 3. The number of thiazole rings is 1. The number of rotatable bonds is 10. The molecule has 43 heavy (non-hydrogen) atoms. The zero-order valence-corrected chi connectivity index (χ0v) is 24.5. The fourth-order valence-electron chi connectivity index (χ4n) is 4.24. The molecule has 0 aliphatic rings. The maximum atomic E-state index is 14.1. The maximum absolute atomic E-state index is 14.1. The second-order valence-electron chi connectivity index (χ2n) is 9.88. The molecule has 0 spiro atoms. The fourth-order valence-corrected chi connectivity index (χ4v) is 5.05. The Morgan fingerprint density at radius 3 is 2.44 bits per heavy atom. The zero-order chi connectivity index (χ0) is 30.5. The van der Waals surface area contributed by atoms with E-state index < -0.39 is 23.1 Å². The van der Waals surface area contributed by atoms with Crippen LogP contribution in [0.1, 0.15) is 16.1 Å². The van der Waals surface area contributed by atoms with Gasteiger partial charge in [0, 0.05) is 35.2 Å². The van der Waals surface area contributed by atoms with E-state index in [-0.39, 0.29) is 0 Å². The van der Waals surface area contributed by atoms with Gasteiger partial charge in [0.25, 0.3) is 5.91 Å². The first-order valence-corrected chi connectivity index (χ1v) is 14.1. The molecular weight excluding hydrogens is 572 g/mol. The number of nitrogens with zero attached hydrogens (tertiary/aromatic N) is 4. The summed E-state index contributed by atoms with van der Waals surface area (Å²) in [4.78, 5) is 29.2. The van der Waals surface area contributed by atoms with Crippen molar-refractivity contribution in [1.82, 2.24) is 19.9 Å². The second-order valence-corrected chi connectivity index (χ2v) is 10.9. The molecule has 5 rings (SSSR count). The lowest BCUT2D eigenvalue weighted by atomic mass is 10.1. The van der Waals surface area contributed by atoms with E-state index in [2.05, 4.69) is 20.6 Å². The molecule has 3 aromatic carbocycles. The Morgan fingerprint density at radius 2 is 1.67 bits per heavy atom. The lowest BCUT2D eigenvalue weighted by Crippen LogP contribution is -2.19. The van der Waals surface area contributed by atoms with Crippen LogP contribution in [0.15, 0.2) is 72.8 Å². The van der Waals surface area contributed by atoms with Crippen LogP contribution < -0.4 is 21.1 Å². The average molecular weight is 602 g/mol. The molecule has 0 aliphatic carbocycles. The first-order chi connectivity index (χ1) is 20.7. The van der Waals surface area contributed by atoms with Crippen LogP contribution in [0.5, 0.6) is 5.75 Å². The average Bonchev–Trinajstić information content (AvgIpc) is 3.34. The van der Waals surface area contributed by atoms with Crippen molar-refractivity contribution in [1.29, 1.82) is 0 Å². The van der Waals surface area contributed by atoms with Crippen LogP contribution >= 0.6 is 11.3 Å². The van der Waals surface area contributed by atoms with Crippen molar-refractivity contribution in [3.63, 3.8) is 0 Å². The van der Waals surface area contributed by atoms with Gasteiger partial charge in [-0.15, -0.1) is 0 Å². The topological polar surface area (TPSA) is 118 Å². The Morgan fingerprint density at radius 1 is 0.953 bits per heavy atom. The van der Waals surface area contributed by atoms with Crippen LogP contribution in [-0.2, 0) is 0 Å². The molecule has 0 unspecified atom stereocenters. The molecule has 0 saturated carbocycles. The minimum atomic E-state index is -0.949. The lowest BCUT2D eigenvalue weighted by molar-refractivity contribution is 0.101. The number of carbonyl (C=O) groups excluding carboxylic acids is 1. The standard InChI is InChI=1S/C31H29F2N7O2S/c1-18-15-25(38-31(35-18)37-21-9-5-10-22(17-21)42-14-13-40(2)3)28-27(39-30(34)43-28)19-7-4-8-20(16-19)36-29(41)26-23(32)11-6-12-24(26)33/h4-12,15-17H,13-14H2,1-3H3,(H2,34,39)(H,36,41)(H,35,37,38). The summed E-state index contributed by atoms with van der Waals surface area (Å²) in [6.07, 6.45) is 0. The highest BCUT2D eigenvalue weighted by atomic mass is 32.1. The highest BCUT2D eigenvalue weighted by Crippen LogP contribution is 2.38. The van der Waals surface area contributed by atoms with Gasteiger partial charge >= 0.3 is 0 Å². The molecule has 2 aromatic heterocycles. The Balaban J connectivity index is 1.40. The molecule has 0 radical (unpaired) electrons. The third-order valence-corrected chi connectivity index (χ3v) is 7.12. The van der Waals surface area contributed by atoms with Crippen LogP contribution in [-0.4, -0.2) is 53.0 Å². The van der Waals surface area contributed by atoms with Crippen molar-refractivity contribution in [3.8, 4) is 27.6 Å². The second kappa shape index (κ2) is 12.9. The van der Waals surface area contributed by atoms with E-state index in [4.69, 9.17) is 15.5 Å². The largest absolute Gasteiger partial charge is 0.492 e. The fraction of sp³-hybridized carbons (Fsp3) is 0.161. The quantitative estimate of drug-likeness (QED) is 0.169. The molecule has 220 valence electrons. The van der Waals surface area contributed by atoms with Gasteiger partial charge in [-0.2, -0.15) is 0 Å². The monoisotopic (exact) mass is 601 g/mol. The molecule has 0 bridgehead atoms. The zero-order valence-electron chi connectivity index (χ0n) is 23.7. The molecule has 0 atom stereocenters. The molecule has 2 heterocycles. The molecule has 0 fully saturated rings. The Hall–Kier alpha value is -4.94. The number of amides is 1. The predicted molar refractivity (Wildman–Crippen MR) is 166 cm³/mol. The number of likely N-dealkylation sites (N-methyl/N-ethyl adjacent to an activating group) is 1. The van der Waals surface area contributed by atoms with Crippen LogP contribution in [0.25, 0.3) is 21.8 Å². The van der Waals surface area contributed by atoms with Gasteiger partial charge in [0.15, 0.2) is 5.13 Å². The van der Waals surface area contributed by atoms with Gasteiger partial charge in [-0.3, -0.25) is 4.79 Å². The number of hydrogen-bond acceptors (Lipinski definition) is 9. The summed E-state index contributed by atoms with van der Waals surface area (Å²) < 4.78 is 34.1. The number of ether oxygens (including phenoxy) is 1. The van der Waals surface area contributed by atoms with Gasteiger partial charge in [0.1, 0.15) is 29.6 Å². The summed E-state index contributed by atoms with van der Waals surface area (Å²) in [7, 11) is 3.97. The van der Waals surface area contributed by atoms with Gasteiger partial charge in [0.05, 0.1) is 16.3 Å². The summed E-state index contributed by atoms with van der Waals surface area (Å²) in [6, 6.07) is 19.4. The molecule has 1 amide bonds. The van der Waals surface area contributed by atoms with Gasteiger partial charge in [0.2, 0.25) is 5.95 Å². The van der Waals surface area contributed by atoms with E-state index in [1.807, 2.05) is 56.3 Å². The molecular formula is C31H29F2N7O2S. The van der Waals surface area contributed by atoms with E-state index in [0.717, 1.165) is 35.8 Å². The summed E-state index contributed by atoms with van der Waals surface area (Å²) in [5.74, 6) is -1.70. The number of hydrogen-bond donors (Lipinski definition) is 3. The summed E-state index contributed by atoms with van der Waals surface area (Å²) >= 11 is 1.26. The smallest absolute Gasteiger partial charge is 0.261 e. The summed E-state index contributed by atoms with van der Waals surface area (Å²) in [5.41, 5.74) is 9.05. The lowest BCUT2D eigenvalue weighted by Gasteiger charge is -2.12. The summed E-state index contributed by atoms with van der Waals surface area (Å²) in [6.45, 7) is 3.21. The van der Waals surface area contributed by atoms with Crippen molar-refractivity contribution in [3.05, 3.63) is 95.7 Å². The molecule has 9 nitrogen and oxygen atoms in total. The van der Waals surface area contributed by atoms with Crippen LogP contribution in [0, 0.1) is 18.6 Å². The number of aromatic nitrogens is 3. The van der Waals surface area contributed by atoms with E-state index in [1.165, 1.54) is 17.4 Å². The highest BCUT2D eigenvalue weighted by molar-refractivity contribution is 7.19. The number of halogens is 2. The predicted octanol–water partition coefficient (Wildman–Crippen LogP) is 6.37. The number of nitrogens with two attached hydrogens (primary N) is 1. The van der Waals surface area contributed by atoms with Crippen molar-refractivity contribution < 1.29 is 18.3 Å². The number of carbonyl (C=O) groups is 1. The van der Waals surface area contributed by atoms with E-state index in [9.17, 15) is 13.6 Å². The number of nitrogens with one attached hydrogen (secondary N) is 2. The van der Waals surface area contributed by atoms with Gasteiger partial charge in [-0.05, 0) is 63.5 Å². The third kappa shape index (κ3) is 7.29. The molecule has 0 aliphatic heterocycles. The Kier molecular flexibility index (Phi) is 8.88. The van der Waals surface area contributed by atoms with Crippen LogP contribution in [0.4, 0.5) is 31.2 Å². The van der Waals surface area contributed by atoms with Gasteiger partial charge < -0.3 is 26.0 Å². The first kappa shape index (κ1) is 29.5. The third-order valence-electron chi connectivity index (χ3n) is 6.21. The number of nitrogen functional groups attached to an aromatic ring is 1. The van der Waals surface area contributed by atoms with Crippen LogP contribution in [0.3, 0.4) is 0 Å². The minimum Gasteiger partial charge on any atom is -0.492 e. The molecule has 4 N–H and O–H groups in total. The number of anilines is 4. The highest BCUT2D eigenvalue weighted by Gasteiger charge is 2.20. The van der Waals surface area contributed by atoms with Crippen molar-refractivity contribution in [2.75, 3.05) is 43.6 Å². The first-order valence-electron chi connectivity index (χ1n) is 13.3. The molecule has 0 saturated heterocycles.